The predicted octanol–water partition coefficient (Wildman–Crippen LogP) is 1.22. The predicted molar refractivity (Wildman–Crippen MR) is 61.3 cm³/mol. The van der Waals surface area contributed by atoms with Gasteiger partial charge in [-0.1, -0.05) is 0 Å². The number of amides is 1. The van der Waals surface area contributed by atoms with Crippen LogP contribution in [0.3, 0.4) is 0 Å². The molecule has 0 saturated heterocycles. The van der Waals surface area contributed by atoms with E-state index in [1.807, 2.05) is 0 Å². The van der Waals surface area contributed by atoms with Crippen molar-refractivity contribution in [2.24, 2.45) is 0 Å². The van der Waals surface area contributed by atoms with Crippen molar-refractivity contribution in [1.82, 2.24) is 0 Å². The van der Waals surface area contributed by atoms with Crippen LogP contribution in [-0.4, -0.2) is 32.1 Å². The molecule has 0 N–H and O–H groups in total. The molecule has 0 bridgehead atoms. The Morgan fingerprint density at radius 1 is 1.35 bits per heavy atom. The summed E-state index contributed by atoms with van der Waals surface area (Å²) >= 11 is 0. The van der Waals surface area contributed by atoms with E-state index in [1.165, 1.54) is 26.0 Å². The van der Waals surface area contributed by atoms with Crippen LogP contribution < -0.4 is 9.64 Å². The number of hydrogen-bond acceptors (Lipinski definition) is 4. The summed E-state index contributed by atoms with van der Waals surface area (Å²) in [6.45, 7) is 1.40. The normalized spacial score (nSPS) is 18.2. The first kappa shape index (κ1) is 11.6. The van der Waals surface area contributed by atoms with Crippen LogP contribution in [0.2, 0.25) is 0 Å². The quantitative estimate of drug-likeness (QED) is 0.773. The number of hydrogen-bond donors (Lipinski definition) is 0. The van der Waals surface area contributed by atoms with E-state index >= 15 is 0 Å². The van der Waals surface area contributed by atoms with Crippen LogP contribution >= 0.6 is 0 Å². The first-order valence-electron chi connectivity index (χ1n) is 5.15. The molecule has 17 heavy (non-hydrogen) atoms. The highest BCUT2D eigenvalue weighted by Gasteiger charge is 2.39. The molecule has 1 aliphatic rings. The molecule has 0 aromatic heterocycles. The summed E-state index contributed by atoms with van der Waals surface area (Å²) in [5, 5.41) is 0. The van der Waals surface area contributed by atoms with E-state index in [1.54, 1.807) is 18.2 Å². The minimum absolute atomic E-state index is 0.225. The highest BCUT2D eigenvalue weighted by molar-refractivity contribution is 6.16. The lowest BCUT2D eigenvalue weighted by atomic mass is 10.1. The Kier molecular flexibility index (Phi) is 2.85. The van der Waals surface area contributed by atoms with Gasteiger partial charge in [0.1, 0.15) is 5.75 Å². The maximum Gasteiger partial charge on any atom is 0.226 e. The van der Waals surface area contributed by atoms with Gasteiger partial charge >= 0.3 is 0 Å². The summed E-state index contributed by atoms with van der Waals surface area (Å²) in [6.07, 6.45) is -0.866. The average Bonchev–Trinajstić information content (AvgIpc) is 2.61. The fourth-order valence-electron chi connectivity index (χ4n) is 1.97. The molecular weight excluding hydrogens is 222 g/mol. The van der Waals surface area contributed by atoms with Crippen molar-refractivity contribution in [2.45, 2.75) is 13.2 Å². The maximum absolute atomic E-state index is 12.0. The van der Waals surface area contributed by atoms with Crippen LogP contribution in [0, 0.1) is 0 Å². The molecule has 0 fully saturated rings. The molecule has 90 valence electrons. The number of anilines is 1. The summed E-state index contributed by atoms with van der Waals surface area (Å²) in [5.74, 6) is 0.128. The lowest BCUT2D eigenvalue weighted by Crippen LogP contribution is -2.40. The number of ether oxygens (including phenoxy) is 2. The number of nitrogens with zero attached hydrogens (tertiary/aromatic N) is 1. The Morgan fingerprint density at radius 3 is 2.59 bits per heavy atom. The fraction of sp³-hybridized carbons (Fsp3) is 0.333. The minimum Gasteiger partial charge on any atom is -0.497 e. The van der Waals surface area contributed by atoms with Crippen molar-refractivity contribution in [3.05, 3.63) is 23.8 Å². The monoisotopic (exact) mass is 235 g/mol. The number of carbonyl (C=O) groups excluding carboxylic acids is 2. The van der Waals surface area contributed by atoms with Gasteiger partial charge < -0.3 is 9.47 Å². The van der Waals surface area contributed by atoms with E-state index in [0.717, 1.165) is 0 Å². The van der Waals surface area contributed by atoms with Crippen LogP contribution in [0.4, 0.5) is 5.69 Å². The molecule has 1 aromatic rings. The van der Waals surface area contributed by atoms with Crippen molar-refractivity contribution in [3.63, 3.8) is 0 Å². The SMILES string of the molecule is COc1ccc2c(c1)C(=O)C(OC)N2C(C)=O. The van der Waals surface area contributed by atoms with Gasteiger partial charge in [0.25, 0.3) is 0 Å². The van der Waals surface area contributed by atoms with Crippen LogP contribution in [-0.2, 0) is 9.53 Å². The van der Waals surface area contributed by atoms with Crippen molar-refractivity contribution < 1.29 is 19.1 Å². The average molecular weight is 235 g/mol. The molecule has 0 aliphatic carbocycles. The molecule has 1 amide bonds. The fourth-order valence-corrected chi connectivity index (χ4v) is 1.97. The van der Waals surface area contributed by atoms with Gasteiger partial charge in [0.15, 0.2) is 0 Å². The molecule has 1 aromatic carbocycles. The Bertz CT molecular complexity index is 483. The van der Waals surface area contributed by atoms with E-state index in [2.05, 4.69) is 0 Å². The lowest BCUT2D eigenvalue weighted by Gasteiger charge is -2.21. The summed E-state index contributed by atoms with van der Waals surface area (Å²) in [6, 6.07) is 5.01. The molecule has 1 atom stereocenters. The number of rotatable bonds is 2. The van der Waals surface area contributed by atoms with Crippen LogP contribution in [0.15, 0.2) is 18.2 Å². The summed E-state index contributed by atoms with van der Waals surface area (Å²) < 4.78 is 10.1. The summed E-state index contributed by atoms with van der Waals surface area (Å²) in [7, 11) is 2.93. The first-order valence-corrected chi connectivity index (χ1v) is 5.15. The standard InChI is InChI=1S/C12H13NO4/c1-7(14)13-10-5-4-8(16-2)6-9(10)11(15)12(13)17-3/h4-6,12H,1-3H3. The van der Waals surface area contributed by atoms with E-state index in [4.69, 9.17) is 9.47 Å². The Labute approximate surface area is 98.9 Å². The number of carbonyl (C=O) groups is 2. The molecule has 0 spiro atoms. The van der Waals surface area contributed by atoms with E-state index < -0.39 is 6.23 Å². The summed E-state index contributed by atoms with van der Waals surface area (Å²) in [5.41, 5.74) is 1.02. The molecule has 5 nitrogen and oxygen atoms in total. The van der Waals surface area contributed by atoms with Gasteiger partial charge in [-0.15, -0.1) is 0 Å². The lowest BCUT2D eigenvalue weighted by molar-refractivity contribution is -0.118. The zero-order chi connectivity index (χ0) is 12.6. The van der Waals surface area contributed by atoms with Gasteiger partial charge in [-0.3, -0.25) is 14.5 Å². The number of benzene rings is 1. The number of Topliss-reactive ketones (excluding diaryl/α,β-unsaturated/α-hetero) is 1. The second kappa shape index (κ2) is 4.18. The third-order valence-corrected chi connectivity index (χ3v) is 2.75. The second-order valence-corrected chi connectivity index (χ2v) is 3.72. The molecule has 1 unspecified atom stereocenters. The first-order chi connectivity index (χ1) is 8.10. The highest BCUT2D eigenvalue weighted by Crippen LogP contribution is 2.34. The Balaban J connectivity index is 2.54. The third-order valence-electron chi connectivity index (χ3n) is 2.75. The summed E-state index contributed by atoms with van der Waals surface area (Å²) in [4.78, 5) is 24.9. The molecular formula is C12H13NO4. The smallest absolute Gasteiger partial charge is 0.226 e. The largest absolute Gasteiger partial charge is 0.497 e. The molecule has 2 rings (SSSR count). The van der Waals surface area contributed by atoms with E-state index in [0.29, 0.717) is 17.0 Å². The third kappa shape index (κ3) is 1.68. The maximum atomic E-state index is 12.0. The molecule has 5 heteroatoms. The number of ketones is 1. The number of fused-ring (bicyclic) bond motifs is 1. The van der Waals surface area contributed by atoms with Crippen molar-refractivity contribution >= 4 is 17.4 Å². The van der Waals surface area contributed by atoms with Crippen molar-refractivity contribution in [3.8, 4) is 5.75 Å². The zero-order valence-corrected chi connectivity index (χ0v) is 9.89. The van der Waals surface area contributed by atoms with Gasteiger partial charge in [0, 0.05) is 19.6 Å². The zero-order valence-electron chi connectivity index (χ0n) is 9.89. The van der Waals surface area contributed by atoms with Crippen molar-refractivity contribution in [2.75, 3.05) is 19.1 Å². The molecule has 0 saturated carbocycles. The molecule has 1 aliphatic heterocycles. The Hall–Kier alpha value is -1.88. The number of methoxy groups -OCH3 is 2. The van der Waals surface area contributed by atoms with Crippen LogP contribution in [0.1, 0.15) is 17.3 Å². The van der Waals surface area contributed by atoms with Gasteiger partial charge in [-0.05, 0) is 18.2 Å². The van der Waals surface area contributed by atoms with E-state index in [9.17, 15) is 9.59 Å². The van der Waals surface area contributed by atoms with E-state index in [-0.39, 0.29) is 11.7 Å². The minimum atomic E-state index is -0.866. The molecule has 0 radical (unpaired) electrons. The van der Waals surface area contributed by atoms with Gasteiger partial charge in [-0.25, -0.2) is 0 Å². The molecule has 1 heterocycles. The Morgan fingerprint density at radius 2 is 2.06 bits per heavy atom. The van der Waals surface area contributed by atoms with Gasteiger partial charge in [0.05, 0.1) is 12.8 Å². The highest BCUT2D eigenvalue weighted by atomic mass is 16.5. The van der Waals surface area contributed by atoms with Crippen LogP contribution in [0.25, 0.3) is 0 Å². The van der Waals surface area contributed by atoms with Gasteiger partial charge in [0.2, 0.25) is 17.9 Å². The van der Waals surface area contributed by atoms with Crippen molar-refractivity contribution in [1.29, 1.82) is 0 Å². The van der Waals surface area contributed by atoms with Crippen LogP contribution in [0.5, 0.6) is 5.75 Å². The van der Waals surface area contributed by atoms with Gasteiger partial charge in [-0.2, -0.15) is 0 Å². The topological polar surface area (TPSA) is 55.8 Å². The second-order valence-electron chi connectivity index (χ2n) is 3.72.